The van der Waals surface area contributed by atoms with Crippen molar-refractivity contribution in [3.05, 3.63) is 29.8 Å². The molecule has 1 fully saturated rings. The molecule has 1 aliphatic rings. The van der Waals surface area contributed by atoms with Crippen molar-refractivity contribution in [1.29, 1.82) is 0 Å². The highest BCUT2D eigenvalue weighted by Crippen LogP contribution is 2.19. The van der Waals surface area contributed by atoms with Gasteiger partial charge in [-0.3, -0.25) is 4.79 Å². The molecule has 0 radical (unpaired) electrons. The number of carbonyl (C=O) groups excluding carboxylic acids is 2. The molecule has 6 heteroatoms. The Hall–Kier alpha value is -2.08. The third-order valence-electron chi connectivity index (χ3n) is 4.12. The first kappa shape index (κ1) is 18.3. The number of hydrogen-bond donors (Lipinski definition) is 2. The Morgan fingerprint density at radius 3 is 2.79 bits per heavy atom. The number of morpholine rings is 1. The fourth-order valence-corrected chi connectivity index (χ4v) is 2.89. The van der Waals surface area contributed by atoms with Crippen molar-refractivity contribution in [1.82, 2.24) is 10.2 Å². The van der Waals surface area contributed by atoms with Crippen LogP contribution in [0, 0.1) is 0 Å². The van der Waals surface area contributed by atoms with Gasteiger partial charge in [0.25, 0.3) is 0 Å². The zero-order chi connectivity index (χ0) is 17.7. The van der Waals surface area contributed by atoms with Crippen molar-refractivity contribution in [3.63, 3.8) is 0 Å². The van der Waals surface area contributed by atoms with E-state index in [4.69, 9.17) is 4.74 Å². The Labute approximate surface area is 143 Å². The van der Waals surface area contributed by atoms with Gasteiger partial charge in [0.15, 0.2) is 0 Å². The van der Waals surface area contributed by atoms with Gasteiger partial charge >= 0.3 is 6.03 Å². The quantitative estimate of drug-likeness (QED) is 0.890. The topological polar surface area (TPSA) is 70.7 Å². The van der Waals surface area contributed by atoms with Crippen LogP contribution in [0.5, 0.6) is 0 Å². The van der Waals surface area contributed by atoms with Gasteiger partial charge in [0, 0.05) is 25.7 Å². The Morgan fingerprint density at radius 2 is 2.12 bits per heavy atom. The fraction of sp³-hybridized carbons (Fsp3) is 0.556. The summed E-state index contributed by atoms with van der Waals surface area (Å²) in [6.45, 7) is 8.68. The maximum Gasteiger partial charge on any atom is 0.318 e. The summed E-state index contributed by atoms with van der Waals surface area (Å²) in [6.07, 6.45) is 1.04. The molecular weight excluding hydrogens is 306 g/mol. The van der Waals surface area contributed by atoms with Crippen LogP contribution in [0.25, 0.3) is 0 Å². The van der Waals surface area contributed by atoms with Crippen LogP contribution in [0.2, 0.25) is 0 Å². The molecule has 2 N–H and O–H groups in total. The first-order chi connectivity index (χ1) is 11.4. The summed E-state index contributed by atoms with van der Waals surface area (Å²) in [5, 5.41) is 5.79. The Bertz CT molecular complexity index is 591. The van der Waals surface area contributed by atoms with Gasteiger partial charge in [0.05, 0.1) is 18.2 Å². The van der Waals surface area contributed by atoms with E-state index in [0.717, 1.165) is 17.7 Å². The number of urea groups is 1. The largest absolute Gasteiger partial charge is 0.372 e. The number of ether oxygens (including phenoxy) is 1. The normalized spacial score (nSPS) is 21.9. The van der Waals surface area contributed by atoms with Crippen molar-refractivity contribution in [2.45, 2.75) is 52.4 Å². The molecular formula is C18H27N3O3. The van der Waals surface area contributed by atoms with Crippen LogP contribution in [-0.4, -0.2) is 42.1 Å². The van der Waals surface area contributed by atoms with Crippen molar-refractivity contribution in [2.24, 2.45) is 0 Å². The molecule has 24 heavy (non-hydrogen) atoms. The molecule has 0 aliphatic carbocycles. The molecule has 1 aromatic rings. The maximum absolute atomic E-state index is 12.5. The van der Waals surface area contributed by atoms with E-state index >= 15 is 0 Å². The van der Waals surface area contributed by atoms with Gasteiger partial charge in [0.2, 0.25) is 5.91 Å². The summed E-state index contributed by atoms with van der Waals surface area (Å²) in [5.74, 6) is -0.114. The Balaban J connectivity index is 1.99. The van der Waals surface area contributed by atoms with Crippen LogP contribution in [0.15, 0.2) is 24.3 Å². The second-order valence-electron chi connectivity index (χ2n) is 6.36. The molecule has 0 spiro atoms. The fourth-order valence-electron chi connectivity index (χ4n) is 2.89. The highest BCUT2D eigenvalue weighted by atomic mass is 16.5. The molecule has 6 nitrogen and oxygen atoms in total. The molecule has 2 rings (SSSR count). The SMILES string of the molecule is CC[C@@H]1CN(C(=O)N[C@H](C)c2cccc(NC(C)=O)c2)C[C@H](C)O1. The van der Waals surface area contributed by atoms with Crippen LogP contribution < -0.4 is 10.6 Å². The second kappa shape index (κ2) is 8.15. The first-order valence-electron chi connectivity index (χ1n) is 8.47. The number of nitrogens with zero attached hydrogens (tertiary/aromatic N) is 1. The highest BCUT2D eigenvalue weighted by molar-refractivity contribution is 5.88. The number of benzene rings is 1. The van der Waals surface area contributed by atoms with Crippen molar-refractivity contribution < 1.29 is 14.3 Å². The highest BCUT2D eigenvalue weighted by Gasteiger charge is 2.28. The lowest BCUT2D eigenvalue weighted by atomic mass is 10.1. The lowest BCUT2D eigenvalue weighted by molar-refractivity contribution is -0.114. The molecule has 132 valence electrons. The van der Waals surface area contributed by atoms with Gasteiger partial charge in [0.1, 0.15) is 0 Å². The number of rotatable bonds is 4. The van der Waals surface area contributed by atoms with Gasteiger partial charge in [-0.2, -0.15) is 0 Å². The molecule has 1 aromatic carbocycles. The molecule has 1 aliphatic heterocycles. The minimum absolute atomic E-state index is 0.0489. The van der Waals surface area contributed by atoms with E-state index in [1.807, 2.05) is 43.0 Å². The van der Waals surface area contributed by atoms with Crippen molar-refractivity contribution in [2.75, 3.05) is 18.4 Å². The van der Waals surface area contributed by atoms with Gasteiger partial charge < -0.3 is 20.3 Å². The first-order valence-corrected chi connectivity index (χ1v) is 8.47. The van der Waals surface area contributed by atoms with E-state index < -0.39 is 0 Å². The molecule has 0 aromatic heterocycles. The van der Waals surface area contributed by atoms with Crippen molar-refractivity contribution >= 4 is 17.6 Å². The third-order valence-corrected chi connectivity index (χ3v) is 4.12. The Morgan fingerprint density at radius 1 is 1.38 bits per heavy atom. The van der Waals surface area contributed by atoms with E-state index in [9.17, 15) is 9.59 Å². The monoisotopic (exact) mass is 333 g/mol. The summed E-state index contributed by atoms with van der Waals surface area (Å²) in [4.78, 5) is 25.5. The third kappa shape index (κ3) is 4.96. The molecule has 0 unspecified atom stereocenters. The second-order valence-corrected chi connectivity index (χ2v) is 6.36. The van der Waals surface area contributed by atoms with Gasteiger partial charge in [-0.1, -0.05) is 19.1 Å². The van der Waals surface area contributed by atoms with Gasteiger partial charge in [-0.25, -0.2) is 4.79 Å². The van der Waals surface area contributed by atoms with E-state index in [-0.39, 0.29) is 30.2 Å². The zero-order valence-corrected chi connectivity index (χ0v) is 14.8. The van der Waals surface area contributed by atoms with Crippen LogP contribution in [0.1, 0.15) is 45.7 Å². The molecule has 3 atom stereocenters. The summed E-state index contributed by atoms with van der Waals surface area (Å²) in [5.41, 5.74) is 1.68. The summed E-state index contributed by atoms with van der Waals surface area (Å²) >= 11 is 0. The minimum Gasteiger partial charge on any atom is -0.372 e. The standard InChI is InChI=1S/C18H27N3O3/c1-5-17-11-21(10-12(2)24-17)18(23)19-13(3)15-7-6-8-16(9-15)20-14(4)22/h6-9,12-13,17H,5,10-11H2,1-4H3,(H,19,23)(H,20,22)/t12-,13+,17+/m0/s1. The van der Waals surface area contributed by atoms with E-state index in [0.29, 0.717) is 13.1 Å². The lowest BCUT2D eigenvalue weighted by Gasteiger charge is -2.37. The van der Waals surface area contributed by atoms with E-state index in [2.05, 4.69) is 17.6 Å². The molecule has 1 heterocycles. The van der Waals surface area contributed by atoms with Gasteiger partial charge in [-0.05, 0) is 38.0 Å². The zero-order valence-electron chi connectivity index (χ0n) is 14.8. The predicted octanol–water partition coefficient (Wildman–Crippen LogP) is 2.91. The maximum atomic E-state index is 12.5. The molecule has 1 saturated heterocycles. The van der Waals surface area contributed by atoms with Crippen LogP contribution in [-0.2, 0) is 9.53 Å². The number of hydrogen-bond acceptors (Lipinski definition) is 3. The summed E-state index contributed by atoms with van der Waals surface area (Å²) in [6, 6.07) is 7.28. The van der Waals surface area contributed by atoms with E-state index in [1.165, 1.54) is 6.92 Å². The summed E-state index contributed by atoms with van der Waals surface area (Å²) < 4.78 is 5.80. The van der Waals surface area contributed by atoms with Gasteiger partial charge in [-0.15, -0.1) is 0 Å². The molecule has 0 bridgehead atoms. The molecule has 0 saturated carbocycles. The summed E-state index contributed by atoms with van der Waals surface area (Å²) in [7, 11) is 0. The molecule has 3 amide bonds. The average molecular weight is 333 g/mol. The Kier molecular flexibility index (Phi) is 6.20. The number of anilines is 1. The smallest absolute Gasteiger partial charge is 0.318 e. The van der Waals surface area contributed by atoms with E-state index in [1.54, 1.807) is 0 Å². The number of carbonyl (C=O) groups is 2. The minimum atomic E-state index is -0.149. The average Bonchev–Trinajstić information content (AvgIpc) is 2.53. The number of nitrogens with one attached hydrogen (secondary N) is 2. The van der Waals surface area contributed by atoms with Crippen LogP contribution in [0.3, 0.4) is 0 Å². The number of amides is 3. The van der Waals surface area contributed by atoms with Crippen molar-refractivity contribution in [3.8, 4) is 0 Å². The van der Waals surface area contributed by atoms with Crippen LogP contribution >= 0.6 is 0 Å². The van der Waals surface area contributed by atoms with Crippen LogP contribution in [0.4, 0.5) is 10.5 Å². The lowest BCUT2D eigenvalue weighted by Crippen LogP contribution is -2.52. The predicted molar refractivity (Wildman–Crippen MR) is 93.9 cm³/mol.